The van der Waals surface area contributed by atoms with Gasteiger partial charge in [0.1, 0.15) is 0 Å². The van der Waals surface area contributed by atoms with E-state index in [-0.39, 0.29) is 5.75 Å². The van der Waals surface area contributed by atoms with Crippen LogP contribution in [-0.4, -0.2) is 51.9 Å². The van der Waals surface area contributed by atoms with Crippen LogP contribution in [0.1, 0.15) is 25.3 Å². The molecule has 5 heteroatoms. The molecular weight excluding hydrogens is 274 g/mol. The van der Waals surface area contributed by atoms with Gasteiger partial charge < -0.3 is 4.74 Å². The largest absolute Gasteiger partial charge is 0.379 e. The molecule has 1 fully saturated rings. The predicted octanol–water partition coefficient (Wildman–Crippen LogP) is 1.92. The molecule has 0 unspecified atom stereocenters. The summed E-state index contributed by atoms with van der Waals surface area (Å²) in [6, 6.07) is 7.27. The number of nitrogens with zero attached hydrogens (tertiary/aromatic N) is 1. The maximum atomic E-state index is 12.3. The first-order valence-electron chi connectivity index (χ1n) is 7.12. The van der Waals surface area contributed by atoms with Crippen LogP contribution in [-0.2, 0) is 14.6 Å². The molecule has 0 N–H and O–H groups in total. The maximum Gasteiger partial charge on any atom is 0.179 e. The highest BCUT2D eigenvalue weighted by atomic mass is 32.2. The maximum absolute atomic E-state index is 12.3. The number of rotatable bonds is 5. The van der Waals surface area contributed by atoms with E-state index in [4.69, 9.17) is 4.74 Å². The van der Waals surface area contributed by atoms with E-state index in [0.717, 1.165) is 18.7 Å². The summed E-state index contributed by atoms with van der Waals surface area (Å²) in [6.07, 6.45) is 0. The topological polar surface area (TPSA) is 46.6 Å². The Bertz CT molecular complexity index is 517. The van der Waals surface area contributed by atoms with E-state index in [1.54, 1.807) is 12.1 Å². The number of sulfone groups is 1. The lowest BCUT2D eigenvalue weighted by Gasteiger charge is -2.26. The summed E-state index contributed by atoms with van der Waals surface area (Å²) in [5.74, 6) is 0.591. The lowest BCUT2D eigenvalue weighted by Crippen LogP contribution is -2.39. The molecule has 0 saturated carbocycles. The van der Waals surface area contributed by atoms with Gasteiger partial charge in [0.25, 0.3) is 0 Å². The summed E-state index contributed by atoms with van der Waals surface area (Å²) >= 11 is 0. The Kier molecular flexibility index (Phi) is 5.18. The second-order valence-corrected chi connectivity index (χ2v) is 7.61. The third kappa shape index (κ3) is 4.04. The Morgan fingerprint density at radius 2 is 1.75 bits per heavy atom. The average molecular weight is 297 g/mol. The van der Waals surface area contributed by atoms with Crippen molar-refractivity contribution in [2.24, 2.45) is 0 Å². The van der Waals surface area contributed by atoms with Crippen molar-refractivity contribution >= 4 is 9.84 Å². The summed E-state index contributed by atoms with van der Waals surface area (Å²) in [5.41, 5.74) is 1.16. The molecule has 1 aromatic carbocycles. The minimum Gasteiger partial charge on any atom is -0.379 e. The minimum atomic E-state index is -3.18. The van der Waals surface area contributed by atoms with Crippen molar-refractivity contribution in [3.63, 3.8) is 0 Å². The molecule has 0 aromatic heterocycles. The van der Waals surface area contributed by atoms with E-state index < -0.39 is 9.84 Å². The van der Waals surface area contributed by atoms with Gasteiger partial charge in [-0.1, -0.05) is 26.0 Å². The van der Waals surface area contributed by atoms with E-state index in [2.05, 4.69) is 18.7 Å². The normalized spacial score (nSPS) is 17.6. The average Bonchev–Trinajstić information content (AvgIpc) is 2.46. The predicted molar refractivity (Wildman–Crippen MR) is 79.8 cm³/mol. The highest BCUT2D eigenvalue weighted by molar-refractivity contribution is 7.91. The van der Waals surface area contributed by atoms with E-state index in [1.807, 2.05) is 12.1 Å². The molecule has 1 aliphatic rings. The fourth-order valence-electron chi connectivity index (χ4n) is 2.25. The number of hydrogen-bond acceptors (Lipinski definition) is 4. The van der Waals surface area contributed by atoms with E-state index in [0.29, 0.717) is 30.6 Å². The van der Waals surface area contributed by atoms with Crippen molar-refractivity contribution in [2.75, 3.05) is 38.6 Å². The van der Waals surface area contributed by atoms with Gasteiger partial charge in [0.15, 0.2) is 9.84 Å². The molecular formula is C15H23NO3S. The number of morpholine rings is 1. The van der Waals surface area contributed by atoms with E-state index in [9.17, 15) is 8.42 Å². The highest BCUT2D eigenvalue weighted by Crippen LogP contribution is 2.18. The quantitative estimate of drug-likeness (QED) is 0.833. The zero-order valence-corrected chi connectivity index (χ0v) is 13.0. The molecule has 1 heterocycles. The summed E-state index contributed by atoms with van der Waals surface area (Å²) in [6.45, 7) is 7.82. The number of benzene rings is 1. The standard InChI is InChI=1S/C15H23NO3S/c1-13(2)14-3-5-15(6-4-14)20(17,18)12-9-16-7-10-19-11-8-16/h3-6,13H,7-12H2,1-2H3. The van der Waals surface area contributed by atoms with Gasteiger partial charge in [-0.25, -0.2) is 8.42 Å². The molecule has 0 spiro atoms. The van der Waals surface area contributed by atoms with Crippen LogP contribution in [0, 0.1) is 0 Å². The molecule has 2 rings (SSSR count). The fraction of sp³-hybridized carbons (Fsp3) is 0.600. The zero-order chi connectivity index (χ0) is 14.6. The number of ether oxygens (including phenoxy) is 1. The van der Waals surface area contributed by atoms with Gasteiger partial charge in [0.05, 0.1) is 23.9 Å². The van der Waals surface area contributed by atoms with Gasteiger partial charge in [-0.3, -0.25) is 4.90 Å². The summed E-state index contributed by atoms with van der Waals surface area (Å²) in [4.78, 5) is 2.57. The molecule has 0 aliphatic carbocycles. The first-order chi connectivity index (χ1) is 9.49. The van der Waals surface area contributed by atoms with Crippen LogP contribution in [0.3, 0.4) is 0 Å². The van der Waals surface area contributed by atoms with Gasteiger partial charge in [0, 0.05) is 19.6 Å². The van der Waals surface area contributed by atoms with Crippen molar-refractivity contribution in [3.8, 4) is 0 Å². The Balaban J connectivity index is 1.98. The summed E-state index contributed by atoms with van der Waals surface area (Å²) in [5, 5.41) is 0. The van der Waals surface area contributed by atoms with Crippen LogP contribution < -0.4 is 0 Å². The summed E-state index contributed by atoms with van der Waals surface area (Å²) in [7, 11) is -3.18. The van der Waals surface area contributed by atoms with Crippen LogP contribution in [0.4, 0.5) is 0 Å². The van der Waals surface area contributed by atoms with Crippen LogP contribution in [0.2, 0.25) is 0 Å². The molecule has 0 bridgehead atoms. The molecule has 0 radical (unpaired) electrons. The first-order valence-corrected chi connectivity index (χ1v) is 8.77. The lowest BCUT2D eigenvalue weighted by molar-refractivity contribution is 0.0408. The van der Waals surface area contributed by atoms with Crippen LogP contribution >= 0.6 is 0 Å². The van der Waals surface area contributed by atoms with Crippen molar-refractivity contribution in [1.29, 1.82) is 0 Å². The van der Waals surface area contributed by atoms with Crippen molar-refractivity contribution in [2.45, 2.75) is 24.7 Å². The molecule has 0 amide bonds. The Hall–Kier alpha value is -0.910. The lowest BCUT2D eigenvalue weighted by atomic mass is 10.0. The monoisotopic (exact) mass is 297 g/mol. The first kappa shape index (κ1) is 15.5. The van der Waals surface area contributed by atoms with Crippen molar-refractivity contribution in [3.05, 3.63) is 29.8 Å². The van der Waals surface area contributed by atoms with Gasteiger partial charge >= 0.3 is 0 Å². The minimum absolute atomic E-state index is 0.175. The van der Waals surface area contributed by atoms with Gasteiger partial charge in [-0.05, 0) is 23.6 Å². The molecule has 0 atom stereocenters. The van der Waals surface area contributed by atoms with E-state index in [1.165, 1.54) is 0 Å². The molecule has 20 heavy (non-hydrogen) atoms. The fourth-order valence-corrected chi connectivity index (χ4v) is 3.54. The van der Waals surface area contributed by atoms with Gasteiger partial charge in [0.2, 0.25) is 0 Å². The van der Waals surface area contributed by atoms with Gasteiger partial charge in [-0.15, -0.1) is 0 Å². The van der Waals surface area contributed by atoms with Crippen LogP contribution in [0.25, 0.3) is 0 Å². The Labute approximate surface area is 121 Å². The third-order valence-corrected chi connectivity index (χ3v) is 5.40. The Morgan fingerprint density at radius 1 is 1.15 bits per heavy atom. The zero-order valence-electron chi connectivity index (χ0n) is 12.2. The van der Waals surface area contributed by atoms with E-state index >= 15 is 0 Å². The second kappa shape index (κ2) is 6.70. The summed E-state index contributed by atoms with van der Waals surface area (Å²) < 4.78 is 29.9. The third-order valence-electron chi connectivity index (χ3n) is 3.69. The SMILES string of the molecule is CC(C)c1ccc(S(=O)(=O)CCN2CCOCC2)cc1. The molecule has 1 aromatic rings. The molecule has 1 saturated heterocycles. The molecule has 112 valence electrons. The number of hydrogen-bond donors (Lipinski definition) is 0. The van der Waals surface area contributed by atoms with Crippen molar-refractivity contribution in [1.82, 2.24) is 4.90 Å². The molecule has 1 aliphatic heterocycles. The second-order valence-electron chi connectivity index (χ2n) is 5.50. The Morgan fingerprint density at radius 3 is 2.30 bits per heavy atom. The van der Waals surface area contributed by atoms with Gasteiger partial charge in [-0.2, -0.15) is 0 Å². The highest BCUT2D eigenvalue weighted by Gasteiger charge is 2.18. The van der Waals surface area contributed by atoms with Crippen LogP contribution in [0.5, 0.6) is 0 Å². The molecule has 4 nitrogen and oxygen atoms in total. The van der Waals surface area contributed by atoms with Crippen molar-refractivity contribution < 1.29 is 13.2 Å². The smallest absolute Gasteiger partial charge is 0.179 e. The van der Waals surface area contributed by atoms with Crippen LogP contribution in [0.15, 0.2) is 29.2 Å².